The van der Waals surface area contributed by atoms with Crippen LogP contribution in [0.25, 0.3) is 0 Å². The van der Waals surface area contributed by atoms with Crippen LogP contribution in [0.3, 0.4) is 0 Å². The molecular weight excluding hydrogens is 385 g/mol. The van der Waals surface area contributed by atoms with E-state index in [4.69, 9.17) is 4.74 Å². The summed E-state index contributed by atoms with van der Waals surface area (Å²) in [7, 11) is 0. The van der Waals surface area contributed by atoms with Gasteiger partial charge in [0.05, 0.1) is 43.2 Å². The summed E-state index contributed by atoms with van der Waals surface area (Å²) in [5.74, 6) is -0.00720. The number of ether oxygens (including phenoxy) is 1. The van der Waals surface area contributed by atoms with Crippen LogP contribution in [-0.4, -0.2) is 47.5 Å². The minimum atomic E-state index is -0.468. The van der Waals surface area contributed by atoms with Crippen LogP contribution < -0.4 is 15.6 Å². The van der Waals surface area contributed by atoms with Crippen LogP contribution >= 0.6 is 0 Å². The van der Waals surface area contributed by atoms with E-state index in [0.29, 0.717) is 32.0 Å². The average molecular weight is 407 g/mol. The summed E-state index contributed by atoms with van der Waals surface area (Å²) in [6.45, 7) is 4.32. The third-order valence-corrected chi connectivity index (χ3v) is 4.52. The molecule has 0 spiro atoms. The molecule has 1 aliphatic rings. The molecule has 0 aliphatic carbocycles. The first-order chi connectivity index (χ1) is 14.7. The number of morpholine rings is 1. The van der Waals surface area contributed by atoms with Crippen LogP contribution in [0.1, 0.15) is 11.3 Å². The second-order valence-electron chi connectivity index (χ2n) is 6.80. The highest BCUT2D eigenvalue weighted by atomic mass is 19.1. The van der Waals surface area contributed by atoms with Crippen molar-refractivity contribution in [2.24, 2.45) is 5.10 Å². The van der Waals surface area contributed by atoms with Gasteiger partial charge in [-0.25, -0.2) is 14.8 Å². The van der Waals surface area contributed by atoms with E-state index < -0.39 is 5.82 Å². The van der Waals surface area contributed by atoms with E-state index in [9.17, 15) is 4.39 Å². The van der Waals surface area contributed by atoms with Crippen LogP contribution in [-0.2, 0) is 4.74 Å². The number of hydrogen-bond acceptors (Lipinski definition) is 8. The van der Waals surface area contributed by atoms with E-state index in [1.54, 1.807) is 12.4 Å². The number of aromatic nitrogens is 3. The van der Waals surface area contributed by atoms with E-state index in [1.165, 1.54) is 5.56 Å². The van der Waals surface area contributed by atoms with Gasteiger partial charge in [0.2, 0.25) is 5.95 Å². The Kier molecular flexibility index (Phi) is 6.09. The molecule has 0 atom stereocenters. The number of aryl methyl sites for hydroxylation is 1. The smallest absolute Gasteiger partial charge is 0.245 e. The molecule has 0 radical (unpaired) electrons. The summed E-state index contributed by atoms with van der Waals surface area (Å²) in [6.07, 6.45) is 4.42. The molecule has 0 amide bonds. The van der Waals surface area contributed by atoms with Crippen molar-refractivity contribution in [1.29, 1.82) is 0 Å². The fraction of sp³-hybridized carbons (Fsp3) is 0.238. The molecule has 154 valence electrons. The molecular formula is C21H22FN7O. The first-order valence-electron chi connectivity index (χ1n) is 9.61. The number of halogens is 1. The molecule has 2 aromatic heterocycles. The third kappa shape index (κ3) is 5.06. The van der Waals surface area contributed by atoms with Crippen LogP contribution in [0.2, 0.25) is 0 Å². The number of hydrogen-bond donors (Lipinski definition) is 2. The monoisotopic (exact) mass is 407 g/mol. The van der Waals surface area contributed by atoms with Gasteiger partial charge in [-0.1, -0.05) is 17.7 Å². The predicted octanol–water partition coefficient (Wildman–Crippen LogP) is 3.35. The second kappa shape index (κ2) is 9.27. The Morgan fingerprint density at radius 2 is 1.80 bits per heavy atom. The third-order valence-electron chi connectivity index (χ3n) is 4.52. The van der Waals surface area contributed by atoms with Gasteiger partial charge >= 0.3 is 0 Å². The van der Waals surface area contributed by atoms with Crippen LogP contribution in [0.15, 0.2) is 53.9 Å². The zero-order valence-electron chi connectivity index (χ0n) is 16.5. The highest BCUT2D eigenvalue weighted by Crippen LogP contribution is 2.19. The number of hydrazone groups is 1. The Bertz CT molecular complexity index is 1000. The van der Waals surface area contributed by atoms with Crippen molar-refractivity contribution < 1.29 is 9.13 Å². The highest BCUT2D eigenvalue weighted by molar-refractivity contribution is 5.78. The minimum Gasteiger partial charge on any atom is -0.378 e. The van der Waals surface area contributed by atoms with E-state index in [2.05, 4.69) is 30.8 Å². The van der Waals surface area contributed by atoms with Gasteiger partial charge in [-0.15, -0.1) is 0 Å². The molecule has 1 aromatic carbocycles. The van der Waals surface area contributed by atoms with Gasteiger partial charge in [0.15, 0.2) is 11.6 Å². The van der Waals surface area contributed by atoms with Crippen molar-refractivity contribution in [3.63, 3.8) is 0 Å². The fourth-order valence-corrected chi connectivity index (χ4v) is 2.92. The molecule has 3 heterocycles. The van der Waals surface area contributed by atoms with Gasteiger partial charge in [-0.05, 0) is 31.2 Å². The summed E-state index contributed by atoms with van der Waals surface area (Å²) >= 11 is 0. The van der Waals surface area contributed by atoms with Crippen molar-refractivity contribution in [1.82, 2.24) is 15.0 Å². The Balaban J connectivity index is 1.36. The molecule has 0 bridgehead atoms. The maximum atomic E-state index is 14.1. The fourth-order valence-electron chi connectivity index (χ4n) is 2.92. The summed E-state index contributed by atoms with van der Waals surface area (Å²) in [4.78, 5) is 14.3. The molecule has 4 rings (SSSR count). The zero-order valence-corrected chi connectivity index (χ0v) is 16.5. The zero-order chi connectivity index (χ0) is 20.8. The van der Waals surface area contributed by atoms with Crippen LogP contribution in [0.5, 0.6) is 0 Å². The largest absolute Gasteiger partial charge is 0.378 e. The number of rotatable bonds is 6. The minimum absolute atomic E-state index is 0.215. The SMILES string of the molecule is Cc1ccc(Nc2ccc(/C=N/Nc3ncc(F)c(N4CCOCC4)n3)nc2)cc1. The van der Waals surface area contributed by atoms with Crippen molar-refractivity contribution in [3.8, 4) is 0 Å². The molecule has 0 saturated carbocycles. The van der Waals surface area contributed by atoms with Crippen LogP contribution in [0, 0.1) is 12.7 Å². The topological polar surface area (TPSA) is 87.6 Å². The van der Waals surface area contributed by atoms with E-state index >= 15 is 0 Å². The number of nitrogens with one attached hydrogen (secondary N) is 2. The van der Waals surface area contributed by atoms with E-state index in [1.807, 2.05) is 48.2 Å². The number of pyridine rings is 1. The Hall–Kier alpha value is -3.59. The maximum Gasteiger partial charge on any atom is 0.245 e. The average Bonchev–Trinajstić information content (AvgIpc) is 2.78. The summed E-state index contributed by atoms with van der Waals surface area (Å²) in [5.41, 5.74) is 6.47. The van der Waals surface area contributed by atoms with Gasteiger partial charge in [0, 0.05) is 18.8 Å². The van der Waals surface area contributed by atoms with Crippen molar-refractivity contribution in [2.75, 3.05) is 41.9 Å². The lowest BCUT2D eigenvalue weighted by molar-refractivity contribution is 0.122. The Labute approximate surface area is 173 Å². The number of nitrogens with zero attached hydrogens (tertiary/aromatic N) is 5. The molecule has 9 heteroatoms. The summed E-state index contributed by atoms with van der Waals surface area (Å²) < 4.78 is 19.4. The molecule has 1 saturated heterocycles. The van der Waals surface area contributed by atoms with Crippen molar-refractivity contribution in [3.05, 3.63) is 65.9 Å². The first kappa shape index (κ1) is 19.7. The van der Waals surface area contributed by atoms with Gasteiger partial charge in [-0.3, -0.25) is 4.98 Å². The predicted molar refractivity (Wildman–Crippen MR) is 115 cm³/mol. The second-order valence-corrected chi connectivity index (χ2v) is 6.80. The Morgan fingerprint density at radius 1 is 1.03 bits per heavy atom. The standard InChI is InChI=1S/C21H22FN7O/c1-15-2-4-16(5-3-15)26-18-7-6-17(23-12-18)13-25-28-21-24-14-19(22)20(27-21)29-8-10-30-11-9-29/h2-7,12-14,26H,8-11H2,1H3,(H,24,27,28)/b25-13+. The van der Waals surface area contributed by atoms with E-state index in [0.717, 1.165) is 17.6 Å². The molecule has 2 N–H and O–H groups in total. The quantitative estimate of drug-likeness (QED) is 0.479. The molecule has 1 fully saturated rings. The van der Waals surface area contributed by atoms with Crippen LogP contribution in [0.4, 0.5) is 27.5 Å². The lowest BCUT2D eigenvalue weighted by Gasteiger charge is -2.27. The van der Waals surface area contributed by atoms with Gasteiger partial charge < -0.3 is 15.0 Å². The summed E-state index contributed by atoms with van der Waals surface area (Å²) in [5, 5.41) is 7.39. The van der Waals surface area contributed by atoms with E-state index in [-0.39, 0.29) is 11.8 Å². The molecule has 8 nitrogen and oxygen atoms in total. The van der Waals surface area contributed by atoms with Crippen molar-refractivity contribution >= 4 is 29.4 Å². The molecule has 3 aromatic rings. The maximum absolute atomic E-state index is 14.1. The number of benzene rings is 1. The van der Waals surface area contributed by atoms with Gasteiger partial charge in [0.1, 0.15) is 0 Å². The normalized spacial score (nSPS) is 14.1. The molecule has 0 unspecified atom stereocenters. The Morgan fingerprint density at radius 3 is 2.53 bits per heavy atom. The van der Waals surface area contributed by atoms with Gasteiger partial charge in [0.25, 0.3) is 0 Å². The highest BCUT2D eigenvalue weighted by Gasteiger charge is 2.17. The lowest BCUT2D eigenvalue weighted by atomic mass is 10.2. The van der Waals surface area contributed by atoms with Gasteiger partial charge in [-0.2, -0.15) is 10.1 Å². The summed E-state index contributed by atoms with van der Waals surface area (Å²) in [6, 6.07) is 11.9. The van der Waals surface area contributed by atoms with Crippen molar-refractivity contribution in [2.45, 2.75) is 6.92 Å². The lowest BCUT2D eigenvalue weighted by Crippen LogP contribution is -2.37. The first-order valence-corrected chi connectivity index (χ1v) is 9.61. The number of anilines is 4. The molecule has 1 aliphatic heterocycles. The molecule has 30 heavy (non-hydrogen) atoms.